The molecule has 0 unspecified atom stereocenters. The van der Waals surface area contributed by atoms with Crippen LogP contribution in [0.4, 0.5) is 0 Å². The molecule has 0 radical (unpaired) electrons. The van der Waals surface area contributed by atoms with Crippen molar-refractivity contribution in [3.63, 3.8) is 0 Å². The summed E-state index contributed by atoms with van der Waals surface area (Å²) in [5.74, 6) is 0.928. The Kier molecular flexibility index (Phi) is 7.73. The summed E-state index contributed by atoms with van der Waals surface area (Å²) in [6.07, 6.45) is 4.34. The summed E-state index contributed by atoms with van der Waals surface area (Å²) in [7, 11) is -6.99. The smallest absolute Gasteiger partial charge is 0.207 e. The van der Waals surface area contributed by atoms with Gasteiger partial charge in [0.2, 0.25) is 20.0 Å². The molecule has 0 atom stereocenters. The molecule has 2 fully saturated rings. The Morgan fingerprint density at radius 3 is 1.21 bits per heavy atom. The van der Waals surface area contributed by atoms with Crippen LogP contribution >= 0.6 is 23.2 Å². The highest BCUT2D eigenvalue weighted by Gasteiger charge is 2.33. The summed E-state index contributed by atoms with van der Waals surface area (Å²) in [4.78, 5) is 0.555. The highest BCUT2D eigenvalue weighted by molar-refractivity contribution is 7.89. The fraction of sp³-hybridized carbons (Fsp3) is 0.478. The fourth-order valence-electron chi connectivity index (χ4n) is 4.75. The third-order valence-electron chi connectivity index (χ3n) is 6.72. The molecule has 10 heteroatoms. The number of rotatable bonds is 6. The average molecular weight is 532 g/mol. The van der Waals surface area contributed by atoms with E-state index in [1.165, 1.54) is 0 Å². The number of piperidine rings is 2. The normalized spacial score (nSPS) is 20.2. The third-order valence-corrected chi connectivity index (χ3v) is 11.0. The van der Waals surface area contributed by atoms with Gasteiger partial charge in [-0.15, -0.1) is 0 Å². The number of nitrogens with zero attached hydrogens (tertiary/aromatic N) is 2. The summed E-state index contributed by atoms with van der Waals surface area (Å²) in [6, 6.07) is 12.6. The Morgan fingerprint density at radius 1 is 0.606 bits per heavy atom. The van der Waals surface area contributed by atoms with E-state index < -0.39 is 20.0 Å². The first kappa shape index (κ1) is 24.9. The first-order valence-electron chi connectivity index (χ1n) is 11.2. The number of hydrogen-bond donors (Lipinski definition) is 0. The summed E-state index contributed by atoms with van der Waals surface area (Å²) in [6.45, 7) is 2.05. The minimum Gasteiger partial charge on any atom is -0.207 e. The van der Waals surface area contributed by atoms with Crippen molar-refractivity contribution < 1.29 is 16.8 Å². The quantitative estimate of drug-likeness (QED) is 0.532. The van der Waals surface area contributed by atoms with Gasteiger partial charge in [-0.05, 0) is 92.5 Å². The molecule has 0 aromatic heterocycles. The lowest BCUT2D eigenvalue weighted by atomic mass is 9.83. The molecule has 33 heavy (non-hydrogen) atoms. The monoisotopic (exact) mass is 530 g/mol. The van der Waals surface area contributed by atoms with Crippen LogP contribution in [0.15, 0.2) is 58.3 Å². The zero-order valence-corrected chi connectivity index (χ0v) is 21.4. The van der Waals surface area contributed by atoms with Crippen molar-refractivity contribution >= 4 is 43.2 Å². The van der Waals surface area contributed by atoms with Gasteiger partial charge < -0.3 is 0 Å². The highest BCUT2D eigenvalue weighted by atomic mass is 35.5. The maximum Gasteiger partial charge on any atom is 0.243 e. The maximum atomic E-state index is 12.9. The zero-order chi connectivity index (χ0) is 23.6. The molecule has 0 spiro atoms. The second-order valence-corrected chi connectivity index (χ2v) is 13.6. The summed E-state index contributed by atoms with van der Waals surface area (Å²) < 4.78 is 54.6. The van der Waals surface area contributed by atoms with E-state index in [0.29, 0.717) is 48.1 Å². The van der Waals surface area contributed by atoms with Gasteiger partial charge in [0.25, 0.3) is 0 Å². The second kappa shape index (κ2) is 10.2. The van der Waals surface area contributed by atoms with Crippen molar-refractivity contribution in [1.82, 2.24) is 8.61 Å². The molecule has 4 rings (SSSR count). The second-order valence-electron chi connectivity index (χ2n) is 8.84. The molecule has 2 saturated heterocycles. The van der Waals surface area contributed by atoms with E-state index in [-0.39, 0.29) is 9.79 Å². The van der Waals surface area contributed by atoms with Gasteiger partial charge in [-0.25, -0.2) is 16.8 Å². The molecular formula is C23H28Cl2N2O4S2. The Hall–Kier alpha value is -1.16. The number of benzene rings is 2. The van der Waals surface area contributed by atoms with Crippen LogP contribution in [-0.2, 0) is 20.0 Å². The number of hydrogen-bond acceptors (Lipinski definition) is 4. The lowest BCUT2D eigenvalue weighted by Crippen LogP contribution is -2.41. The van der Waals surface area contributed by atoms with Crippen LogP contribution in [0.3, 0.4) is 0 Å². The van der Waals surface area contributed by atoms with Crippen LogP contribution < -0.4 is 0 Å². The molecule has 2 aliphatic rings. The predicted molar refractivity (Wildman–Crippen MR) is 130 cm³/mol. The summed E-state index contributed by atoms with van der Waals surface area (Å²) in [5, 5.41) is 1.03. The maximum absolute atomic E-state index is 12.9. The van der Waals surface area contributed by atoms with Gasteiger partial charge in [0.15, 0.2) is 0 Å². The molecule has 6 nitrogen and oxygen atoms in total. The Balaban J connectivity index is 1.27. The van der Waals surface area contributed by atoms with E-state index in [0.717, 1.165) is 32.1 Å². The standard InChI is InChI=1S/C23H28Cl2N2O4S2/c24-20-1-5-22(6-2-20)32(28,29)26-13-9-18(10-14-26)17-19-11-15-27(16-12-19)33(30,31)23-7-3-21(25)4-8-23/h1-8,18-19H,9-17H2. The van der Waals surface area contributed by atoms with Crippen LogP contribution in [0.2, 0.25) is 10.0 Å². The van der Waals surface area contributed by atoms with Crippen LogP contribution in [0.1, 0.15) is 32.1 Å². The Morgan fingerprint density at radius 2 is 0.909 bits per heavy atom. The SMILES string of the molecule is O=S(=O)(c1ccc(Cl)cc1)N1CCC(CC2CCN(S(=O)(=O)c3ccc(Cl)cc3)CC2)CC1. The van der Waals surface area contributed by atoms with E-state index in [4.69, 9.17) is 23.2 Å². The summed E-state index contributed by atoms with van der Waals surface area (Å²) >= 11 is 11.8. The van der Waals surface area contributed by atoms with Gasteiger partial charge in [0, 0.05) is 36.2 Å². The molecule has 2 aromatic rings. The van der Waals surface area contributed by atoms with Gasteiger partial charge >= 0.3 is 0 Å². The van der Waals surface area contributed by atoms with Crippen LogP contribution in [0.25, 0.3) is 0 Å². The van der Waals surface area contributed by atoms with Crippen LogP contribution in [-0.4, -0.2) is 51.6 Å². The van der Waals surface area contributed by atoms with Crippen molar-refractivity contribution in [3.8, 4) is 0 Å². The third kappa shape index (κ3) is 5.74. The lowest BCUT2D eigenvalue weighted by Gasteiger charge is -2.36. The molecule has 0 saturated carbocycles. The molecule has 0 N–H and O–H groups in total. The first-order valence-corrected chi connectivity index (χ1v) is 14.8. The minimum atomic E-state index is -3.49. The topological polar surface area (TPSA) is 74.8 Å². The van der Waals surface area contributed by atoms with Gasteiger partial charge in [-0.1, -0.05) is 23.2 Å². The molecule has 0 amide bonds. The van der Waals surface area contributed by atoms with E-state index >= 15 is 0 Å². The van der Waals surface area contributed by atoms with Gasteiger partial charge in [-0.3, -0.25) is 0 Å². The van der Waals surface area contributed by atoms with Crippen molar-refractivity contribution in [3.05, 3.63) is 58.6 Å². The van der Waals surface area contributed by atoms with Crippen molar-refractivity contribution in [1.29, 1.82) is 0 Å². The molecular weight excluding hydrogens is 503 g/mol. The molecule has 2 aromatic carbocycles. The van der Waals surface area contributed by atoms with Gasteiger partial charge in [-0.2, -0.15) is 8.61 Å². The zero-order valence-electron chi connectivity index (χ0n) is 18.2. The van der Waals surface area contributed by atoms with Crippen molar-refractivity contribution in [2.75, 3.05) is 26.2 Å². The minimum absolute atomic E-state index is 0.277. The van der Waals surface area contributed by atoms with E-state index in [2.05, 4.69) is 0 Å². The molecule has 0 bridgehead atoms. The first-order chi connectivity index (χ1) is 15.7. The largest absolute Gasteiger partial charge is 0.243 e. The molecule has 0 aliphatic carbocycles. The highest BCUT2D eigenvalue weighted by Crippen LogP contribution is 2.33. The molecule has 180 valence electrons. The van der Waals surface area contributed by atoms with Gasteiger partial charge in [0.05, 0.1) is 9.79 Å². The fourth-order valence-corrected chi connectivity index (χ4v) is 7.94. The summed E-state index contributed by atoms with van der Waals surface area (Å²) in [5.41, 5.74) is 0. The van der Waals surface area contributed by atoms with Crippen molar-refractivity contribution in [2.45, 2.75) is 41.9 Å². The van der Waals surface area contributed by atoms with E-state index in [1.807, 2.05) is 0 Å². The number of sulfonamides is 2. The lowest BCUT2D eigenvalue weighted by molar-refractivity contribution is 0.195. The van der Waals surface area contributed by atoms with Crippen molar-refractivity contribution in [2.24, 2.45) is 11.8 Å². The van der Waals surface area contributed by atoms with Crippen LogP contribution in [0, 0.1) is 11.8 Å². The van der Waals surface area contributed by atoms with Crippen LogP contribution in [0.5, 0.6) is 0 Å². The Bertz CT molecular complexity index is 1060. The Labute approximate surface area is 206 Å². The average Bonchev–Trinajstić information content (AvgIpc) is 2.80. The number of halogens is 2. The van der Waals surface area contributed by atoms with Gasteiger partial charge in [0.1, 0.15) is 0 Å². The predicted octanol–water partition coefficient (Wildman–Crippen LogP) is 4.89. The molecule has 2 aliphatic heterocycles. The van der Waals surface area contributed by atoms with E-state index in [1.54, 1.807) is 57.1 Å². The van der Waals surface area contributed by atoms with E-state index in [9.17, 15) is 16.8 Å². The molecule has 2 heterocycles.